The predicted octanol–water partition coefficient (Wildman–Crippen LogP) is 1.53. The van der Waals surface area contributed by atoms with Crippen LogP contribution < -0.4 is 10.6 Å². The van der Waals surface area contributed by atoms with Crippen LogP contribution in [0, 0.1) is 12.7 Å². The molecular weight excluding hydrogens is 273 g/mol. The number of nitrogens with zero attached hydrogens (tertiary/aromatic N) is 1. The predicted molar refractivity (Wildman–Crippen MR) is 80.5 cm³/mol. The molecule has 0 spiro atoms. The van der Waals surface area contributed by atoms with Crippen LogP contribution in [-0.4, -0.2) is 42.9 Å². The first-order valence-electron chi connectivity index (χ1n) is 6.89. The number of hydrogen-bond acceptors (Lipinski definition) is 3. The Morgan fingerprint density at radius 3 is 2.62 bits per heavy atom. The van der Waals surface area contributed by atoms with Gasteiger partial charge >= 0.3 is 0 Å². The maximum atomic E-state index is 13.4. The van der Waals surface area contributed by atoms with Crippen LogP contribution in [0.2, 0.25) is 0 Å². The van der Waals surface area contributed by atoms with Crippen LogP contribution in [0.5, 0.6) is 0 Å². The Labute approximate surface area is 124 Å². The molecule has 2 N–H and O–H groups in total. The summed E-state index contributed by atoms with van der Waals surface area (Å²) in [4.78, 5) is 25.2. The molecular formula is C15H22FN3O2. The van der Waals surface area contributed by atoms with Gasteiger partial charge in [0.1, 0.15) is 5.82 Å². The quantitative estimate of drug-likeness (QED) is 0.836. The molecule has 0 saturated carbocycles. The molecule has 1 atom stereocenters. The van der Waals surface area contributed by atoms with E-state index in [2.05, 4.69) is 10.6 Å². The van der Waals surface area contributed by atoms with Gasteiger partial charge in [-0.2, -0.15) is 0 Å². The normalized spacial score (nSPS) is 12.1. The minimum Gasteiger partial charge on any atom is -0.355 e. The number of halogens is 1. The summed E-state index contributed by atoms with van der Waals surface area (Å²) in [6.07, 6.45) is 0. The Bertz CT molecular complexity index is 520. The van der Waals surface area contributed by atoms with Gasteiger partial charge in [0, 0.05) is 12.2 Å². The second-order valence-electron chi connectivity index (χ2n) is 5.00. The number of carbonyl (C=O) groups is 2. The summed E-state index contributed by atoms with van der Waals surface area (Å²) in [5.41, 5.74) is 0.927. The van der Waals surface area contributed by atoms with Gasteiger partial charge in [0.25, 0.3) is 0 Å². The number of anilines is 1. The van der Waals surface area contributed by atoms with E-state index >= 15 is 0 Å². The maximum absolute atomic E-state index is 13.4. The lowest BCUT2D eigenvalue weighted by Crippen LogP contribution is -2.44. The molecule has 0 aromatic heterocycles. The van der Waals surface area contributed by atoms with Gasteiger partial charge in [0.05, 0.1) is 12.6 Å². The van der Waals surface area contributed by atoms with Crippen molar-refractivity contribution in [1.29, 1.82) is 0 Å². The monoisotopic (exact) mass is 295 g/mol. The van der Waals surface area contributed by atoms with Crippen LogP contribution in [0.3, 0.4) is 0 Å². The fraction of sp³-hybridized carbons (Fsp3) is 0.467. The fourth-order valence-corrected chi connectivity index (χ4v) is 1.73. The highest BCUT2D eigenvalue weighted by Gasteiger charge is 2.20. The molecule has 0 aliphatic rings. The fourth-order valence-electron chi connectivity index (χ4n) is 1.73. The molecule has 1 rings (SSSR count). The number of rotatable bonds is 6. The first kappa shape index (κ1) is 17.1. The lowest BCUT2D eigenvalue weighted by atomic mass is 10.2. The Morgan fingerprint density at radius 2 is 2.05 bits per heavy atom. The molecule has 0 aliphatic carbocycles. The Kier molecular flexibility index (Phi) is 6.30. The lowest BCUT2D eigenvalue weighted by molar-refractivity contribution is -0.124. The van der Waals surface area contributed by atoms with E-state index in [1.807, 2.05) is 6.92 Å². The van der Waals surface area contributed by atoms with E-state index in [9.17, 15) is 14.0 Å². The van der Waals surface area contributed by atoms with Crippen LogP contribution in [0.15, 0.2) is 18.2 Å². The average molecular weight is 295 g/mol. The molecule has 2 amide bonds. The summed E-state index contributed by atoms with van der Waals surface area (Å²) >= 11 is 0. The van der Waals surface area contributed by atoms with E-state index < -0.39 is 6.04 Å². The highest BCUT2D eigenvalue weighted by Crippen LogP contribution is 2.14. The van der Waals surface area contributed by atoms with Crippen molar-refractivity contribution in [3.05, 3.63) is 29.6 Å². The van der Waals surface area contributed by atoms with Gasteiger partial charge in [-0.05, 0) is 45.5 Å². The van der Waals surface area contributed by atoms with Crippen molar-refractivity contribution in [1.82, 2.24) is 10.2 Å². The molecule has 6 heteroatoms. The van der Waals surface area contributed by atoms with E-state index in [0.717, 1.165) is 0 Å². The van der Waals surface area contributed by atoms with Gasteiger partial charge < -0.3 is 10.6 Å². The number of likely N-dealkylation sites (N-methyl/N-ethyl adjacent to an activating group) is 2. The van der Waals surface area contributed by atoms with Crippen molar-refractivity contribution in [2.45, 2.75) is 26.8 Å². The summed E-state index contributed by atoms with van der Waals surface area (Å²) in [5, 5.41) is 5.32. The average Bonchev–Trinajstić information content (AvgIpc) is 2.42. The summed E-state index contributed by atoms with van der Waals surface area (Å²) < 4.78 is 13.4. The molecule has 0 unspecified atom stereocenters. The Morgan fingerprint density at radius 1 is 1.38 bits per heavy atom. The number of nitrogens with one attached hydrogen (secondary N) is 2. The highest BCUT2D eigenvalue weighted by molar-refractivity contribution is 5.94. The third-order valence-electron chi connectivity index (χ3n) is 3.25. The molecule has 0 saturated heterocycles. The molecule has 116 valence electrons. The summed E-state index contributed by atoms with van der Waals surface area (Å²) in [6.45, 7) is 5.86. The van der Waals surface area contributed by atoms with Crippen LogP contribution >= 0.6 is 0 Å². The van der Waals surface area contributed by atoms with Gasteiger partial charge in [-0.15, -0.1) is 0 Å². The molecule has 0 heterocycles. The van der Waals surface area contributed by atoms with E-state index in [1.165, 1.54) is 6.07 Å². The van der Waals surface area contributed by atoms with E-state index in [-0.39, 0.29) is 24.2 Å². The van der Waals surface area contributed by atoms with Crippen molar-refractivity contribution < 1.29 is 14.0 Å². The number of amides is 2. The van der Waals surface area contributed by atoms with Gasteiger partial charge in [-0.1, -0.05) is 6.07 Å². The van der Waals surface area contributed by atoms with Gasteiger partial charge in [-0.25, -0.2) is 4.39 Å². The SMILES string of the molecule is CCNC(=O)CN(C)[C@H](C)C(=O)Nc1ccc(C)c(F)c1. The maximum Gasteiger partial charge on any atom is 0.241 e. The minimum absolute atomic E-state index is 0.130. The van der Waals surface area contributed by atoms with Gasteiger partial charge in [-0.3, -0.25) is 14.5 Å². The molecule has 0 radical (unpaired) electrons. The zero-order valence-electron chi connectivity index (χ0n) is 12.9. The summed E-state index contributed by atoms with van der Waals surface area (Å²) in [7, 11) is 1.69. The van der Waals surface area contributed by atoms with E-state index in [1.54, 1.807) is 37.9 Å². The third kappa shape index (κ3) is 5.15. The first-order valence-corrected chi connectivity index (χ1v) is 6.89. The zero-order valence-corrected chi connectivity index (χ0v) is 12.9. The van der Waals surface area contributed by atoms with Crippen LogP contribution in [0.1, 0.15) is 19.4 Å². The summed E-state index contributed by atoms with van der Waals surface area (Å²) in [6, 6.07) is 4.03. The topological polar surface area (TPSA) is 61.4 Å². The van der Waals surface area contributed by atoms with Crippen LogP contribution in [-0.2, 0) is 9.59 Å². The first-order chi connectivity index (χ1) is 9.85. The lowest BCUT2D eigenvalue weighted by Gasteiger charge is -2.23. The van der Waals surface area contributed by atoms with Crippen LogP contribution in [0.4, 0.5) is 10.1 Å². The van der Waals surface area contributed by atoms with Crippen molar-refractivity contribution in [3.63, 3.8) is 0 Å². The standard InChI is InChI=1S/C15H22FN3O2/c1-5-17-14(20)9-19(4)11(3)15(21)18-12-7-6-10(2)13(16)8-12/h6-8,11H,5,9H2,1-4H3,(H,17,20)(H,18,21)/t11-/m1/s1. The van der Waals surface area contributed by atoms with Crippen molar-refractivity contribution in [2.24, 2.45) is 0 Å². The Balaban J connectivity index is 2.61. The second-order valence-corrected chi connectivity index (χ2v) is 5.00. The second kappa shape index (κ2) is 7.73. The number of hydrogen-bond donors (Lipinski definition) is 2. The minimum atomic E-state index is -0.503. The molecule has 1 aromatic carbocycles. The van der Waals surface area contributed by atoms with E-state index in [4.69, 9.17) is 0 Å². The number of carbonyl (C=O) groups excluding carboxylic acids is 2. The van der Waals surface area contributed by atoms with Crippen LogP contribution in [0.25, 0.3) is 0 Å². The third-order valence-corrected chi connectivity index (χ3v) is 3.25. The largest absolute Gasteiger partial charge is 0.355 e. The van der Waals surface area contributed by atoms with Crippen molar-refractivity contribution in [3.8, 4) is 0 Å². The molecule has 0 aliphatic heterocycles. The van der Waals surface area contributed by atoms with Crippen molar-refractivity contribution >= 4 is 17.5 Å². The van der Waals surface area contributed by atoms with E-state index in [0.29, 0.717) is 17.8 Å². The Hall–Kier alpha value is -1.95. The van der Waals surface area contributed by atoms with Gasteiger partial charge in [0.2, 0.25) is 11.8 Å². The molecule has 0 fully saturated rings. The molecule has 21 heavy (non-hydrogen) atoms. The number of aryl methyl sites for hydroxylation is 1. The highest BCUT2D eigenvalue weighted by atomic mass is 19.1. The molecule has 0 bridgehead atoms. The number of benzene rings is 1. The molecule has 1 aromatic rings. The zero-order chi connectivity index (χ0) is 16.0. The van der Waals surface area contributed by atoms with Crippen molar-refractivity contribution in [2.75, 3.05) is 25.5 Å². The molecule has 5 nitrogen and oxygen atoms in total. The summed E-state index contributed by atoms with van der Waals surface area (Å²) in [5.74, 6) is -0.790. The van der Waals surface area contributed by atoms with Gasteiger partial charge in [0.15, 0.2) is 0 Å². The smallest absolute Gasteiger partial charge is 0.241 e.